The Labute approximate surface area is 102 Å². The molecule has 0 heteroatoms. The van der Waals surface area contributed by atoms with Gasteiger partial charge in [0, 0.05) is 0 Å². The molecule has 5 unspecified atom stereocenters. The summed E-state index contributed by atoms with van der Waals surface area (Å²) < 4.78 is 0. The summed E-state index contributed by atoms with van der Waals surface area (Å²) in [6.45, 7) is 9.92. The van der Waals surface area contributed by atoms with Crippen LogP contribution >= 0.6 is 0 Å². The molecule has 2 fully saturated rings. The molecule has 0 bridgehead atoms. The van der Waals surface area contributed by atoms with Crippen LogP contribution in [0.4, 0.5) is 0 Å². The van der Waals surface area contributed by atoms with Crippen molar-refractivity contribution in [1.82, 2.24) is 0 Å². The Morgan fingerprint density at radius 1 is 0.812 bits per heavy atom. The van der Waals surface area contributed by atoms with Crippen LogP contribution in [-0.2, 0) is 0 Å². The van der Waals surface area contributed by atoms with E-state index in [0.29, 0.717) is 0 Å². The molecule has 0 spiro atoms. The van der Waals surface area contributed by atoms with Crippen LogP contribution < -0.4 is 0 Å². The smallest absolute Gasteiger partial charge is 0.0151 e. The first-order valence-electron chi connectivity index (χ1n) is 7.46. The Balaban J connectivity index is 2.07. The molecule has 0 saturated heterocycles. The zero-order chi connectivity index (χ0) is 11.7. The van der Waals surface area contributed by atoms with E-state index in [1.807, 2.05) is 5.92 Å². The summed E-state index contributed by atoms with van der Waals surface area (Å²) in [5.41, 5.74) is 0. The van der Waals surface area contributed by atoms with Gasteiger partial charge < -0.3 is 0 Å². The Hall–Kier alpha value is 0. The molecule has 2 aliphatic carbocycles. The topological polar surface area (TPSA) is 0 Å². The van der Waals surface area contributed by atoms with Gasteiger partial charge in [0.2, 0.25) is 0 Å². The van der Waals surface area contributed by atoms with E-state index < -0.39 is 0 Å². The fraction of sp³-hybridized carbons (Fsp3) is 0.938. The van der Waals surface area contributed by atoms with Crippen LogP contribution in [0.2, 0.25) is 0 Å². The summed E-state index contributed by atoms with van der Waals surface area (Å²) in [4.78, 5) is 0. The van der Waals surface area contributed by atoms with Crippen LogP contribution in [0.3, 0.4) is 0 Å². The molecule has 0 N–H and O–H groups in total. The predicted octanol–water partition coefficient (Wildman–Crippen LogP) is 5.09. The van der Waals surface area contributed by atoms with E-state index in [0.717, 1.165) is 29.6 Å². The Morgan fingerprint density at radius 2 is 1.44 bits per heavy atom. The average Bonchev–Trinajstić information content (AvgIpc) is 2.23. The highest BCUT2D eigenvalue weighted by Gasteiger charge is 2.39. The van der Waals surface area contributed by atoms with Gasteiger partial charge in [0.15, 0.2) is 0 Å². The van der Waals surface area contributed by atoms with Gasteiger partial charge in [0.25, 0.3) is 0 Å². The summed E-state index contributed by atoms with van der Waals surface area (Å²) in [5.74, 6) is 6.63. The number of hydrogen-bond acceptors (Lipinski definition) is 0. The fourth-order valence-corrected chi connectivity index (χ4v) is 4.28. The minimum atomic E-state index is 0.904. The van der Waals surface area contributed by atoms with Gasteiger partial charge in [0.05, 0.1) is 0 Å². The van der Waals surface area contributed by atoms with Crippen LogP contribution in [-0.4, -0.2) is 0 Å². The van der Waals surface area contributed by atoms with E-state index in [9.17, 15) is 0 Å². The van der Waals surface area contributed by atoms with Crippen molar-refractivity contribution in [1.29, 1.82) is 0 Å². The third kappa shape index (κ3) is 2.46. The molecule has 2 saturated carbocycles. The summed E-state index contributed by atoms with van der Waals surface area (Å²) in [7, 11) is 0. The molecular weight excluding hydrogens is 192 g/mol. The largest absolute Gasteiger partial charge is 0.0625 e. The minimum absolute atomic E-state index is 0.904. The zero-order valence-electron chi connectivity index (χ0n) is 11.6. The predicted molar refractivity (Wildman–Crippen MR) is 71.1 cm³/mol. The van der Waals surface area contributed by atoms with Crippen LogP contribution in [0.25, 0.3) is 0 Å². The molecule has 2 aliphatic rings. The number of hydrogen-bond donors (Lipinski definition) is 0. The summed E-state index contributed by atoms with van der Waals surface area (Å²) in [6.07, 6.45) is 8.78. The molecule has 0 heterocycles. The van der Waals surface area contributed by atoms with Gasteiger partial charge in [-0.25, -0.2) is 0 Å². The molecular formula is C16H29. The van der Waals surface area contributed by atoms with E-state index >= 15 is 0 Å². The van der Waals surface area contributed by atoms with Gasteiger partial charge in [-0.1, -0.05) is 59.8 Å². The zero-order valence-corrected chi connectivity index (χ0v) is 11.6. The lowest BCUT2D eigenvalue weighted by Gasteiger charge is -2.45. The molecule has 0 aromatic rings. The molecule has 16 heavy (non-hydrogen) atoms. The second-order valence-electron chi connectivity index (χ2n) is 6.74. The lowest BCUT2D eigenvalue weighted by Crippen LogP contribution is -2.36. The van der Waals surface area contributed by atoms with Crippen molar-refractivity contribution < 1.29 is 0 Å². The van der Waals surface area contributed by atoms with Crippen molar-refractivity contribution in [2.45, 2.75) is 66.2 Å². The first-order chi connectivity index (χ1) is 7.59. The third-order valence-electron chi connectivity index (χ3n) is 5.30. The lowest BCUT2D eigenvalue weighted by molar-refractivity contribution is 0.153. The van der Waals surface area contributed by atoms with Crippen molar-refractivity contribution in [3.05, 3.63) is 5.92 Å². The molecule has 0 aromatic carbocycles. The highest BCUT2D eigenvalue weighted by Crippen LogP contribution is 2.49. The molecule has 1 radical (unpaired) electrons. The van der Waals surface area contributed by atoms with Gasteiger partial charge >= 0.3 is 0 Å². The Morgan fingerprint density at radius 3 is 2.06 bits per heavy atom. The van der Waals surface area contributed by atoms with Crippen molar-refractivity contribution in [2.75, 3.05) is 0 Å². The van der Waals surface area contributed by atoms with Crippen LogP contribution in [0.15, 0.2) is 0 Å². The number of rotatable bonds is 1. The van der Waals surface area contributed by atoms with E-state index in [-0.39, 0.29) is 0 Å². The molecule has 0 aliphatic heterocycles. The van der Waals surface area contributed by atoms with Gasteiger partial charge in [0.1, 0.15) is 0 Å². The molecule has 2 rings (SSSR count). The quantitative estimate of drug-likeness (QED) is 0.578. The van der Waals surface area contributed by atoms with Crippen LogP contribution in [0.5, 0.6) is 0 Å². The maximum absolute atomic E-state index is 2.50. The molecule has 0 amide bonds. The van der Waals surface area contributed by atoms with E-state index in [1.165, 1.54) is 38.5 Å². The SMILES string of the molecule is CC1CCC(C)C([C]2C(C)CCCC2C)C1. The second-order valence-corrected chi connectivity index (χ2v) is 6.74. The van der Waals surface area contributed by atoms with Crippen molar-refractivity contribution >= 4 is 0 Å². The fourth-order valence-electron chi connectivity index (χ4n) is 4.28. The van der Waals surface area contributed by atoms with E-state index in [1.54, 1.807) is 0 Å². The molecule has 93 valence electrons. The Kier molecular flexibility index (Phi) is 3.97. The maximum Gasteiger partial charge on any atom is -0.0151 e. The molecule has 5 atom stereocenters. The lowest BCUT2D eigenvalue weighted by atomic mass is 9.60. The highest BCUT2D eigenvalue weighted by atomic mass is 14.4. The molecule has 0 nitrogen and oxygen atoms in total. The Bertz CT molecular complexity index is 210. The van der Waals surface area contributed by atoms with Crippen LogP contribution in [0.1, 0.15) is 66.2 Å². The van der Waals surface area contributed by atoms with Crippen molar-refractivity contribution in [2.24, 2.45) is 29.6 Å². The summed E-state index contributed by atoms with van der Waals surface area (Å²) in [6, 6.07) is 0. The van der Waals surface area contributed by atoms with Gasteiger partial charge in [-0.15, -0.1) is 0 Å². The van der Waals surface area contributed by atoms with Crippen molar-refractivity contribution in [3.8, 4) is 0 Å². The third-order valence-corrected chi connectivity index (χ3v) is 5.30. The minimum Gasteiger partial charge on any atom is -0.0625 e. The summed E-state index contributed by atoms with van der Waals surface area (Å²) >= 11 is 0. The average molecular weight is 221 g/mol. The van der Waals surface area contributed by atoms with Crippen LogP contribution in [0, 0.1) is 35.5 Å². The van der Waals surface area contributed by atoms with E-state index in [2.05, 4.69) is 27.7 Å². The standard InChI is InChI=1S/C16H29/c1-11-8-9-12(2)15(10-11)16-13(3)6-5-7-14(16)4/h11-15H,5-10H2,1-4H3. The summed E-state index contributed by atoms with van der Waals surface area (Å²) in [5, 5.41) is 0. The maximum atomic E-state index is 2.50. The van der Waals surface area contributed by atoms with Gasteiger partial charge in [-0.3, -0.25) is 0 Å². The van der Waals surface area contributed by atoms with Crippen molar-refractivity contribution in [3.63, 3.8) is 0 Å². The highest BCUT2D eigenvalue weighted by molar-refractivity contribution is 5.08. The van der Waals surface area contributed by atoms with Gasteiger partial charge in [-0.05, 0) is 41.9 Å². The monoisotopic (exact) mass is 221 g/mol. The van der Waals surface area contributed by atoms with E-state index in [4.69, 9.17) is 0 Å². The first kappa shape index (κ1) is 12.5. The molecule has 0 aromatic heterocycles. The normalized spacial score (nSPS) is 46.9. The van der Waals surface area contributed by atoms with Gasteiger partial charge in [-0.2, -0.15) is 0 Å². The second kappa shape index (κ2) is 5.10. The first-order valence-corrected chi connectivity index (χ1v) is 7.46.